The van der Waals surface area contributed by atoms with Gasteiger partial charge in [0.2, 0.25) is 11.8 Å². The Morgan fingerprint density at radius 2 is 1.73 bits per heavy atom. The number of amides is 2. The third kappa shape index (κ3) is 7.10. The third-order valence-electron chi connectivity index (χ3n) is 4.85. The van der Waals surface area contributed by atoms with Gasteiger partial charge in [-0.2, -0.15) is 0 Å². The Balaban J connectivity index is 2.08. The molecule has 0 aliphatic heterocycles. The van der Waals surface area contributed by atoms with E-state index in [2.05, 4.69) is 24.4 Å². The fourth-order valence-corrected chi connectivity index (χ4v) is 4.00. The summed E-state index contributed by atoms with van der Waals surface area (Å²) in [4.78, 5) is 27.3. The van der Waals surface area contributed by atoms with Crippen LogP contribution in [0.25, 0.3) is 0 Å². The predicted molar refractivity (Wildman–Crippen MR) is 124 cm³/mol. The number of aryl methyl sites for hydroxylation is 1. The van der Waals surface area contributed by atoms with Gasteiger partial charge < -0.3 is 15.0 Å². The first-order valence-electron chi connectivity index (χ1n) is 10.2. The van der Waals surface area contributed by atoms with Crippen molar-refractivity contribution in [1.82, 2.24) is 10.2 Å². The number of thioether (sulfide) groups is 1. The van der Waals surface area contributed by atoms with Crippen LogP contribution in [0.5, 0.6) is 5.75 Å². The lowest BCUT2D eigenvalue weighted by molar-refractivity contribution is -0.138. The highest BCUT2D eigenvalue weighted by molar-refractivity contribution is 7.99. The van der Waals surface area contributed by atoms with E-state index >= 15 is 0 Å². The number of methoxy groups -OCH3 is 1. The molecule has 6 heteroatoms. The van der Waals surface area contributed by atoms with Crippen molar-refractivity contribution in [2.24, 2.45) is 0 Å². The van der Waals surface area contributed by atoms with Crippen LogP contribution in [0.2, 0.25) is 0 Å². The number of nitrogens with zero attached hydrogens (tertiary/aromatic N) is 1. The number of benzene rings is 2. The van der Waals surface area contributed by atoms with Crippen LogP contribution in [0.1, 0.15) is 37.5 Å². The summed E-state index contributed by atoms with van der Waals surface area (Å²) >= 11 is 1.57. The fraction of sp³-hybridized carbons (Fsp3) is 0.417. The zero-order valence-corrected chi connectivity index (χ0v) is 19.3. The van der Waals surface area contributed by atoms with Gasteiger partial charge in [0.1, 0.15) is 11.8 Å². The van der Waals surface area contributed by atoms with Crippen LogP contribution < -0.4 is 10.1 Å². The molecule has 0 spiro atoms. The van der Waals surface area contributed by atoms with Gasteiger partial charge in [-0.05, 0) is 56.5 Å². The minimum absolute atomic E-state index is 0.0216. The van der Waals surface area contributed by atoms with Gasteiger partial charge in [-0.1, -0.05) is 36.4 Å². The smallest absolute Gasteiger partial charge is 0.242 e. The zero-order valence-electron chi connectivity index (χ0n) is 18.5. The molecule has 2 amide bonds. The largest absolute Gasteiger partial charge is 0.497 e. The number of nitrogens with one attached hydrogen (secondary N) is 1. The standard InChI is InChI=1S/C24H32N2O3S/c1-17(2)25-24(28)19(4)26(14-20-10-12-22(29-5)13-11-20)23(27)16-30-15-21-9-7-6-8-18(21)3/h6-13,17,19H,14-16H2,1-5H3,(H,25,28)/t19-/m0/s1. The summed E-state index contributed by atoms with van der Waals surface area (Å²) in [6, 6.07) is 15.2. The van der Waals surface area contributed by atoms with Crippen LogP contribution in [0.4, 0.5) is 0 Å². The van der Waals surface area contributed by atoms with E-state index < -0.39 is 6.04 Å². The van der Waals surface area contributed by atoms with Crippen molar-refractivity contribution >= 4 is 23.6 Å². The van der Waals surface area contributed by atoms with E-state index in [9.17, 15) is 9.59 Å². The van der Waals surface area contributed by atoms with Gasteiger partial charge >= 0.3 is 0 Å². The normalized spacial score (nSPS) is 11.8. The molecule has 2 aromatic carbocycles. The second-order valence-electron chi connectivity index (χ2n) is 7.63. The second kappa shape index (κ2) is 11.6. The van der Waals surface area contributed by atoms with Crippen LogP contribution in [0, 0.1) is 6.92 Å². The van der Waals surface area contributed by atoms with E-state index in [0.717, 1.165) is 17.1 Å². The molecule has 0 aromatic heterocycles. The molecule has 0 aliphatic rings. The Morgan fingerprint density at radius 3 is 2.33 bits per heavy atom. The molecule has 0 aliphatic carbocycles. The highest BCUT2D eigenvalue weighted by Gasteiger charge is 2.26. The van der Waals surface area contributed by atoms with Crippen LogP contribution in [-0.4, -0.2) is 41.7 Å². The van der Waals surface area contributed by atoms with Crippen LogP contribution in [0.3, 0.4) is 0 Å². The highest BCUT2D eigenvalue weighted by atomic mass is 32.2. The first-order valence-corrected chi connectivity index (χ1v) is 11.3. The van der Waals surface area contributed by atoms with E-state index in [1.54, 1.807) is 30.7 Å². The van der Waals surface area contributed by atoms with E-state index in [1.165, 1.54) is 11.1 Å². The van der Waals surface area contributed by atoms with Crippen molar-refractivity contribution in [1.29, 1.82) is 0 Å². The molecule has 1 atom stereocenters. The first kappa shape index (κ1) is 23.8. The van der Waals surface area contributed by atoms with Crippen molar-refractivity contribution in [3.8, 4) is 5.75 Å². The summed E-state index contributed by atoms with van der Waals surface area (Å²) < 4.78 is 5.21. The second-order valence-corrected chi connectivity index (χ2v) is 8.61. The molecule has 0 unspecified atom stereocenters. The minimum Gasteiger partial charge on any atom is -0.497 e. The maximum atomic E-state index is 13.1. The van der Waals surface area contributed by atoms with Crippen molar-refractivity contribution < 1.29 is 14.3 Å². The first-order chi connectivity index (χ1) is 14.3. The van der Waals surface area contributed by atoms with Crippen molar-refractivity contribution in [2.75, 3.05) is 12.9 Å². The molecule has 0 saturated heterocycles. The molecular formula is C24H32N2O3S. The lowest BCUT2D eigenvalue weighted by Gasteiger charge is -2.29. The molecule has 0 saturated carbocycles. The third-order valence-corrected chi connectivity index (χ3v) is 5.82. The zero-order chi connectivity index (χ0) is 22.1. The van der Waals surface area contributed by atoms with Gasteiger partial charge in [0.25, 0.3) is 0 Å². The molecule has 0 fully saturated rings. The lowest BCUT2D eigenvalue weighted by Crippen LogP contribution is -2.49. The highest BCUT2D eigenvalue weighted by Crippen LogP contribution is 2.19. The Kier molecular flexibility index (Phi) is 9.24. The summed E-state index contributed by atoms with van der Waals surface area (Å²) in [7, 11) is 1.62. The summed E-state index contributed by atoms with van der Waals surface area (Å²) in [6.45, 7) is 8.06. The molecule has 0 bridgehead atoms. The number of rotatable bonds is 10. The summed E-state index contributed by atoms with van der Waals surface area (Å²) in [5.41, 5.74) is 3.40. The van der Waals surface area contributed by atoms with E-state index in [4.69, 9.17) is 4.74 Å². The molecule has 0 radical (unpaired) electrons. The fourth-order valence-electron chi connectivity index (χ4n) is 3.02. The van der Waals surface area contributed by atoms with Crippen molar-refractivity contribution in [3.05, 3.63) is 65.2 Å². The summed E-state index contributed by atoms with van der Waals surface area (Å²) in [6.07, 6.45) is 0. The van der Waals surface area contributed by atoms with Crippen molar-refractivity contribution in [3.63, 3.8) is 0 Å². The Hall–Kier alpha value is -2.47. The predicted octanol–water partition coefficient (Wildman–Crippen LogP) is 4.18. The molecule has 5 nitrogen and oxygen atoms in total. The van der Waals surface area contributed by atoms with Gasteiger partial charge in [-0.3, -0.25) is 9.59 Å². The molecule has 1 N–H and O–H groups in total. The monoisotopic (exact) mass is 428 g/mol. The minimum atomic E-state index is -0.555. The Bertz CT molecular complexity index is 837. The van der Waals surface area contributed by atoms with Gasteiger partial charge in [0.15, 0.2) is 0 Å². The number of hydrogen-bond acceptors (Lipinski definition) is 4. The average Bonchev–Trinajstić information content (AvgIpc) is 2.72. The molecule has 162 valence electrons. The quantitative estimate of drug-likeness (QED) is 0.617. The van der Waals surface area contributed by atoms with E-state index in [-0.39, 0.29) is 17.9 Å². The Labute approximate surface area is 184 Å². The van der Waals surface area contributed by atoms with Crippen LogP contribution in [-0.2, 0) is 21.9 Å². The molecule has 30 heavy (non-hydrogen) atoms. The van der Waals surface area contributed by atoms with Crippen molar-refractivity contribution in [2.45, 2.75) is 52.1 Å². The lowest BCUT2D eigenvalue weighted by atomic mass is 10.1. The van der Waals surface area contributed by atoms with E-state index in [0.29, 0.717) is 12.3 Å². The van der Waals surface area contributed by atoms with Crippen LogP contribution in [0.15, 0.2) is 48.5 Å². The molecule has 2 aromatic rings. The van der Waals surface area contributed by atoms with Gasteiger partial charge in [-0.25, -0.2) is 0 Å². The number of carbonyl (C=O) groups is 2. The Morgan fingerprint density at radius 1 is 1.07 bits per heavy atom. The maximum Gasteiger partial charge on any atom is 0.242 e. The molecule has 0 heterocycles. The number of ether oxygens (including phenoxy) is 1. The van der Waals surface area contributed by atoms with E-state index in [1.807, 2.05) is 50.2 Å². The van der Waals surface area contributed by atoms with Gasteiger partial charge in [-0.15, -0.1) is 11.8 Å². The topological polar surface area (TPSA) is 58.6 Å². The maximum absolute atomic E-state index is 13.1. The average molecular weight is 429 g/mol. The molecule has 2 rings (SSSR count). The molecular weight excluding hydrogens is 396 g/mol. The van der Waals surface area contributed by atoms with Gasteiger partial charge in [0.05, 0.1) is 12.9 Å². The SMILES string of the molecule is COc1ccc(CN(C(=O)CSCc2ccccc2C)[C@@H](C)C(=O)NC(C)C)cc1. The number of carbonyl (C=O) groups excluding carboxylic acids is 2. The summed E-state index contributed by atoms with van der Waals surface area (Å²) in [5, 5.41) is 2.91. The number of hydrogen-bond donors (Lipinski definition) is 1. The summed E-state index contributed by atoms with van der Waals surface area (Å²) in [5.74, 6) is 1.66. The van der Waals surface area contributed by atoms with Crippen LogP contribution >= 0.6 is 11.8 Å². The van der Waals surface area contributed by atoms with Gasteiger partial charge in [0, 0.05) is 18.3 Å².